The van der Waals surface area contributed by atoms with Crippen LogP contribution in [0.3, 0.4) is 0 Å². The molecule has 1 atom stereocenters. The highest BCUT2D eigenvalue weighted by Crippen LogP contribution is 2.23. The lowest BCUT2D eigenvalue weighted by atomic mass is 9.87. The second-order valence-electron chi connectivity index (χ2n) is 4.84. The molecule has 0 spiro atoms. The minimum absolute atomic E-state index is 0.0492. The van der Waals surface area contributed by atoms with E-state index in [-0.39, 0.29) is 18.3 Å². The highest BCUT2D eigenvalue weighted by molar-refractivity contribution is 5.98. The normalized spacial score (nSPS) is 16.4. The zero-order chi connectivity index (χ0) is 12.3. The van der Waals surface area contributed by atoms with Crippen molar-refractivity contribution in [1.29, 1.82) is 0 Å². The number of aliphatic hydroxyl groups is 1. The molecule has 1 aromatic carbocycles. The van der Waals surface area contributed by atoms with E-state index in [0.717, 1.165) is 18.4 Å². The first-order valence-electron chi connectivity index (χ1n) is 6.53. The van der Waals surface area contributed by atoms with E-state index in [4.69, 9.17) is 0 Å². The van der Waals surface area contributed by atoms with E-state index in [9.17, 15) is 9.90 Å². The fourth-order valence-electron chi connectivity index (χ4n) is 2.52. The van der Waals surface area contributed by atoms with Crippen LogP contribution in [-0.4, -0.2) is 17.5 Å². The minimum atomic E-state index is -0.239. The average Bonchev–Trinajstić information content (AvgIpc) is 2.39. The highest BCUT2D eigenvalue weighted by atomic mass is 16.3. The fourth-order valence-corrected chi connectivity index (χ4v) is 2.52. The van der Waals surface area contributed by atoms with Crippen molar-refractivity contribution in [3.8, 4) is 0 Å². The molecule has 92 valence electrons. The summed E-state index contributed by atoms with van der Waals surface area (Å²) in [7, 11) is 0. The molecule has 0 fully saturated rings. The molecular weight excluding hydrogens is 212 g/mol. The third-order valence-corrected chi connectivity index (χ3v) is 3.72. The standard InChI is InChI=1S/C15H20O2/c1-2-11(10-16)15(17)14-8-7-12-5-3-4-6-13(12)9-14/h7-9,11,16H,2-6,10H2,1H3. The van der Waals surface area contributed by atoms with Gasteiger partial charge in [0.15, 0.2) is 5.78 Å². The molecule has 2 nitrogen and oxygen atoms in total. The number of aryl methyl sites for hydroxylation is 2. The molecule has 2 rings (SSSR count). The molecule has 2 heteroatoms. The summed E-state index contributed by atoms with van der Waals surface area (Å²) in [5, 5.41) is 9.18. The predicted molar refractivity (Wildman–Crippen MR) is 68.3 cm³/mol. The number of benzene rings is 1. The molecule has 17 heavy (non-hydrogen) atoms. The first-order chi connectivity index (χ1) is 8.26. The van der Waals surface area contributed by atoms with E-state index < -0.39 is 0 Å². The van der Waals surface area contributed by atoms with Crippen molar-refractivity contribution in [1.82, 2.24) is 0 Å². The van der Waals surface area contributed by atoms with Gasteiger partial charge in [0.25, 0.3) is 0 Å². The number of ketones is 1. The monoisotopic (exact) mass is 232 g/mol. The van der Waals surface area contributed by atoms with Crippen LogP contribution in [0.4, 0.5) is 0 Å². The van der Waals surface area contributed by atoms with Crippen LogP contribution in [0.5, 0.6) is 0 Å². The van der Waals surface area contributed by atoms with Crippen molar-refractivity contribution in [3.63, 3.8) is 0 Å². The maximum atomic E-state index is 12.1. The van der Waals surface area contributed by atoms with Crippen LogP contribution in [0.1, 0.15) is 47.7 Å². The van der Waals surface area contributed by atoms with E-state index >= 15 is 0 Å². The second-order valence-corrected chi connectivity index (χ2v) is 4.84. The number of hydrogen-bond donors (Lipinski definition) is 1. The van der Waals surface area contributed by atoms with Crippen molar-refractivity contribution in [3.05, 3.63) is 34.9 Å². The molecule has 1 aromatic rings. The van der Waals surface area contributed by atoms with Crippen molar-refractivity contribution in [2.24, 2.45) is 5.92 Å². The predicted octanol–water partition coefficient (Wildman–Crippen LogP) is 2.77. The molecule has 1 N–H and O–H groups in total. The molecule has 0 aliphatic heterocycles. The summed E-state index contributed by atoms with van der Waals surface area (Å²) in [6, 6.07) is 6.05. The Morgan fingerprint density at radius 2 is 2.00 bits per heavy atom. The summed E-state index contributed by atoms with van der Waals surface area (Å²) in [5.74, 6) is -0.153. The van der Waals surface area contributed by atoms with Gasteiger partial charge in [-0.25, -0.2) is 0 Å². The number of fused-ring (bicyclic) bond motifs is 1. The molecule has 0 amide bonds. The van der Waals surface area contributed by atoms with Crippen molar-refractivity contribution < 1.29 is 9.90 Å². The van der Waals surface area contributed by atoms with Gasteiger partial charge in [-0.1, -0.05) is 19.1 Å². The quantitative estimate of drug-likeness (QED) is 0.810. The van der Waals surface area contributed by atoms with E-state index in [0.29, 0.717) is 6.42 Å². The van der Waals surface area contributed by atoms with Crippen LogP contribution in [0.25, 0.3) is 0 Å². The van der Waals surface area contributed by atoms with Gasteiger partial charge in [-0.2, -0.15) is 0 Å². The number of Topliss-reactive ketones (excluding diaryl/α,β-unsaturated/α-hetero) is 1. The summed E-state index contributed by atoms with van der Waals surface area (Å²) < 4.78 is 0. The minimum Gasteiger partial charge on any atom is -0.396 e. The largest absolute Gasteiger partial charge is 0.396 e. The van der Waals surface area contributed by atoms with Crippen LogP contribution < -0.4 is 0 Å². The smallest absolute Gasteiger partial charge is 0.168 e. The van der Waals surface area contributed by atoms with Gasteiger partial charge in [-0.15, -0.1) is 0 Å². The Morgan fingerprint density at radius 3 is 2.65 bits per heavy atom. The summed E-state index contributed by atoms with van der Waals surface area (Å²) in [6.45, 7) is 1.89. The number of carbonyl (C=O) groups excluding carboxylic acids is 1. The fraction of sp³-hybridized carbons (Fsp3) is 0.533. The summed E-state index contributed by atoms with van der Waals surface area (Å²) in [4.78, 5) is 12.1. The summed E-state index contributed by atoms with van der Waals surface area (Å²) >= 11 is 0. The topological polar surface area (TPSA) is 37.3 Å². The van der Waals surface area contributed by atoms with Gasteiger partial charge in [0.05, 0.1) is 6.61 Å². The van der Waals surface area contributed by atoms with Crippen molar-refractivity contribution in [2.75, 3.05) is 6.61 Å². The first kappa shape index (κ1) is 12.3. The van der Waals surface area contributed by atoms with Crippen LogP contribution in [0, 0.1) is 5.92 Å². The number of hydrogen-bond acceptors (Lipinski definition) is 2. The first-order valence-corrected chi connectivity index (χ1v) is 6.53. The molecule has 0 radical (unpaired) electrons. The summed E-state index contributed by atoms with van der Waals surface area (Å²) in [6.07, 6.45) is 5.41. The Bertz CT molecular complexity index is 405. The Balaban J connectivity index is 2.24. The van der Waals surface area contributed by atoms with Gasteiger partial charge < -0.3 is 5.11 Å². The molecule has 1 unspecified atom stereocenters. The van der Waals surface area contributed by atoms with Crippen LogP contribution in [0.2, 0.25) is 0 Å². The van der Waals surface area contributed by atoms with Gasteiger partial charge in [0.1, 0.15) is 0 Å². The van der Waals surface area contributed by atoms with Crippen LogP contribution in [0.15, 0.2) is 18.2 Å². The van der Waals surface area contributed by atoms with Crippen molar-refractivity contribution >= 4 is 5.78 Å². The lowest BCUT2D eigenvalue weighted by molar-refractivity contribution is 0.0856. The highest BCUT2D eigenvalue weighted by Gasteiger charge is 2.19. The van der Waals surface area contributed by atoms with E-state index in [1.165, 1.54) is 24.0 Å². The Kier molecular flexibility index (Phi) is 3.95. The van der Waals surface area contributed by atoms with E-state index in [1.54, 1.807) is 0 Å². The molecule has 0 aromatic heterocycles. The molecule has 1 aliphatic carbocycles. The Hall–Kier alpha value is -1.15. The van der Waals surface area contributed by atoms with Gasteiger partial charge >= 0.3 is 0 Å². The number of rotatable bonds is 4. The number of carbonyl (C=O) groups is 1. The second kappa shape index (κ2) is 5.46. The molecule has 1 aliphatic rings. The maximum absolute atomic E-state index is 12.1. The number of aliphatic hydroxyl groups excluding tert-OH is 1. The van der Waals surface area contributed by atoms with E-state index in [2.05, 4.69) is 6.07 Å². The average molecular weight is 232 g/mol. The summed E-state index contributed by atoms with van der Waals surface area (Å²) in [5.41, 5.74) is 3.49. The maximum Gasteiger partial charge on any atom is 0.168 e. The van der Waals surface area contributed by atoms with Gasteiger partial charge in [-0.05, 0) is 49.3 Å². The van der Waals surface area contributed by atoms with Crippen LogP contribution >= 0.6 is 0 Å². The van der Waals surface area contributed by atoms with Gasteiger partial charge in [0, 0.05) is 11.5 Å². The van der Waals surface area contributed by atoms with E-state index in [1.807, 2.05) is 19.1 Å². The lowest BCUT2D eigenvalue weighted by Gasteiger charge is -2.17. The lowest BCUT2D eigenvalue weighted by Crippen LogP contribution is -2.18. The molecular formula is C15H20O2. The van der Waals surface area contributed by atoms with Gasteiger partial charge in [0.2, 0.25) is 0 Å². The molecule has 0 saturated carbocycles. The Morgan fingerprint density at radius 1 is 1.29 bits per heavy atom. The van der Waals surface area contributed by atoms with Gasteiger partial charge in [-0.3, -0.25) is 4.79 Å². The zero-order valence-corrected chi connectivity index (χ0v) is 10.4. The molecule has 0 saturated heterocycles. The SMILES string of the molecule is CCC(CO)C(=O)c1ccc2c(c1)CCCC2. The third kappa shape index (κ3) is 2.58. The molecule has 0 heterocycles. The zero-order valence-electron chi connectivity index (χ0n) is 10.4. The van der Waals surface area contributed by atoms with Crippen LogP contribution in [-0.2, 0) is 12.8 Å². The third-order valence-electron chi connectivity index (χ3n) is 3.72. The molecule has 0 bridgehead atoms. The Labute approximate surface area is 103 Å². The van der Waals surface area contributed by atoms with Crippen molar-refractivity contribution in [2.45, 2.75) is 39.0 Å².